The van der Waals surface area contributed by atoms with Crippen molar-refractivity contribution in [2.24, 2.45) is 0 Å². The van der Waals surface area contributed by atoms with E-state index in [-0.39, 0.29) is 11.7 Å². The van der Waals surface area contributed by atoms with Gasteiger partial charge in [-0.25, -0.2) is 0 Å². The first-order valence-electron chi connectivity index (χ1n) is 5.63. The van der Waals surface area contributed by atoms with Crippen LogP contribution >= 0.6 is 0 Å². The molecule has 5 nitrogen and oxygen atoms in total. The zero-order chi connectivity index (χ0) is 14.8. The van der Waals surface area contributed by atoms with Crippen molar-refractivity contribution in [1.82, 2.24) is 9.88 Å². The number of nitrogens with one attached hydrogen (secondary N) is 1. The van der Waals surface area contributed by atoms with Gasteiger partial charge in [-0.15, -0.1) is 0 Å². The van der Waals surface area contributed by atoms with Gasteiger partial charge >= 0.3 is 6.18 Å². The van der Waals surface area contributed by atoms with E-state index in [1.165, 1.54) is 12.3 Å². The first-order valence-corrected chi connectivity index (χ1v) is 5.63. The van der Waals surface area contributed by atoms with Crippen molar-refractivity contribution >= 4 is 11.6 Å². The van der Waals surface area contributed by atoms with Crippen LogP contribution in [0.15, 0.2) is 12.3 Å². The zero-order valence-electron chi connectivity index (χ0n) is 10.5. The fraction of sp³-hybridized carbons (Fsp3) is 0.545. The zero-order valence-corrected chi connectivity index (χ0v) is 10.5. The predicted octanol–water partition coefficient (Wildman–Crippen LogP) is 1.30. The lowest BCUT2D eigenvalue weighted by Gasteiger charge is -2.16. The summed E-state index contributed by atoms with van der Waals surface area (Å²) in [6.07, 6.45) is -5.82. The van der Waals surface area contributed by atoms with Gasteiger partial charge < -0.3 is 20.7 Å². The van der Waals surface area contributed by atoms with Crippen LogP contribution in [0.25, 0.3) is 0 Å². The van der Waals surface area contributed by atoms with Gasteiger partial charge in [0.2, 0.25) is 0 Å². The number of hydrogen-bond donors (Lipinski definition) is 3. The maximum Gasteiger partial charge on any atom is 0.416 e. The molecular formula is C11H16F3N3O2. The molecule has 0 aromatic carbocycles. The Balaban J connectivity index is 2.74. The van der Waals surface area contributed by atoms with E-state index in [9.17, 15) is 18.0 Å². The number of carbonyl (C=O) groups excluding carboxylic acids is 1. The molecule has 0 spiro atoms. The number of rotatable bonds is 4. The number of amides is 1. The summed E-state index contributed by atoms with van der Waals surface area (Å²) in [6.45, 7) is 2.72. The Morgan fingerprint density at radius 2 is 2.11 bits per heavy atom. The molecule has 1 heterocycles. The third-order valence-corrected chi connectivity index (χ3v) is 2.49. The first kappa shape index (κ1) is 15.4. The predicted molar refractivity (Wildman–Crippen MR) is 63.6 cm³/mol. The van der Waals surface area contributed by atoms with Crippen molar-refractivity contribution in [3.63, 3.8) is 0 Å². The van der Waals surface area contributed by atoms with E-state index >= 15 is 0 Å². The van der Waals surface area contributed by atoms with Crippen LogP contribution < -0.4 is 11.1 Å². The van der Waals surface area contributed by atoms with Gasteiger partial charge in [0, 0.05) is 12.2 Å². The molecule has 4 N–H and O–H groups in total. The van der Waals surface area contributed by atoms with Gasteiger partial charge in [-0.3, -0.25) is 4.79 Å². The van der Waals surface area contributed by atoms with Gasteiger partial charge in [0.05, 0.1) is 12.2 Å². The smallest absolute Gasteiger partial charge is 0.397 e. The van der Waals surface area contributed by atoms with Crippen molar-refractivity contribution < 1.29 is 23.1 Å². The Kier molecular flexibility index (Phi) is 4.46. The molecule has 0 radical (unpaired) electrons. The molecule has 8 heteroatoms. The van der Waals surface area contributed by atoms with Crippen LogP contribution in [-0.4, -0.2) is 34.4 Å². The highest BCUT2D eigenvalue weighted by molar-refractivity contribution is 5.93. The molecule has 1 unspecified atom stereocenters. The summed E-state index contributed by atoms with van der Waals surface area (Å²) in [5.41, 5.74) is 6.05. The topological polar surface area (TPSA) is 80.3 Å². The summed E-state index contributed by atoms with van der Waals surface area (Å²) in [6, 6.07) is 1.31. The summed E-state index contributed by atoms with van der Waals surface area (Å²) in [4.78, 5) is 11.7. The molecule has 1 amide bonds. The van der Waals surface area contributed by atoms with Gasteiger partial charge in [-0.1, -0.05) is 0 Å². The van der Waals surface area contributed by atoms with Crippen LogP contribution in [0.3, 0.4) is 0 Å². The van der Waals surface area contributed by atoms with E-state index in [1.54, 1.807) is 18.4 Å². The van der Waals surface area contributed by atoms with Crippen LogP contribution in [0.5, 0.6) is 0 Å². The Hall–Kier alpha value is -1.70. The van der Waals surface area contributed by atoms with Crippen LogP contribution in [0.1, 0.15) is 30.4 Å². The summed E-state index contributed by atoms with van der Waals surface area (Å²) in [5.74, 6) is -0.714. The molecule has 0 aliphatic heterocycles. The number of aliphatic hydroxyl groups is 1. The highest BCUT2D eigenvalue weighted by Gasteiger charge is 2.38. The second-order valence-electron chi connectivity index (χ2n) is 4.43. The molecule has 1 aromatic heterocycles. The molecule has 0 saturated carbocycles. The maximum absolute atomic E-state index is 12.1. The van der Waals surface area contributed by atoms with Gasteiger partial charge in [-0.2, -0.15) is 13.2 Å². The number of carbonyl (C=O) groups is 1. The number of nitrogens with zero attached hydrogens (tertiary/aromatic N) is 1. The third kappa shape index (κ3) is 3.88. The van der Waals surface area contributed by atoms with Gasteiger partial charge in [0.25, 0.3) is 5.91 Å². The molecule has 0 bridgehead atoms. The average molecular weight is 279 g/mol. The normalized spacial score (nSPS) is 13.6. The first-order chi connectivity index (χ1) is 8.62. The fourth-order valence-electron chi connectivity index (χ4n) is 1.51. The molecule has 1 aromatic rings. The largest absolute Gasteiger partial charge is 0.416 e. The van der Waals surface area contributed by atoms with Gasteiger partial charge in [0.15, 0.2) is 6.10 Å². The van der Waals surface area contributed by atoms with E-state index in [0.29, 0.717) is 5.69 Å². The summed E-state index contributed by atoms with van der Waals surface area (Å²) < 4.78 is 37.8. The minimum atomic E-state index is -4.76. The molecule has 1 rings (SSSR count). The lowest BCUT2D eigenvalue weighted by atomic mass is 10.3. The molecule has 0 aliphatic rings. The maximum atomic E-state index is 12.1. The molecular weight excluding hydrogens is 263 g/mol. The Labute approximate surface area is 108 Å². The number of hydrogen-bond acceptors (Lipinski definition) is 3. The van der Waals surface area contributed by atoms with Crippen molar-refractivity contribution in [1.29, 1.82) is 0 Å². The quantitative estimate of drug-likeness (QED) is 0.777. The number of nitrogen functional groups attached to an aromatic ring is 1. The molecule has 0 aliphatic carbocycles. The van der Waals surface area contributed by atoms with E-state index in [4.69, 9.17) is 10.8 Å². The molecule has 0 fully saturated rings. The average Bonchev–Trinajstić information content (AvgIpc) is 2.66. The Bertz CT molecular complexity index is 455. The number of nitrogens with two attached hydrogens (primary N) is 1. The second-order valence-corrected chi connectivity index (χ2v) is 4.43. The molecule has 1 atom stereocenters. The van der Waals surface area contributed by atoms with Crippen molar-refractivity contribution in [2.75, 3.05) is 12.3 Å². The van der Waals surface area contributed by atoms with Crippen molar-refractivity contribution in [2.45, 2.75) is 32.2 Å². The van der Waals surface area contributed by atoms with E-state index < -0.39 is 24.7 Å². The van der Waals surface area contributed by atoms with Gasteiger partial charge in [-0.05, 0) is 19.9 Å². The molecule has 19 heavy (non-hydrogen) atoms. The van der Waals surface area contributed by atoms with Crippen LogP contribution in [0.4, 0.5) is 18.9 Å². The number of aromatic nitrogens is 1. The number of halogens is 3. The third-order valence-electron chi connectivity index (χ3n) is 2.49. The Morgan fingerprint density at radius 1 is 1.53 bits per heavy atom. The van der Waals surface area contributed by atoms with Crippen molar-refractivity contribution in [3.05, 3.63) is 18.0 Å². The number of aliphatic hydroxyl groups excluding tert-OH is 1. The van der Waals surface area contributed by atoms with Crippen LogP contribution in [0.2, 0.25) is 0 Å². The highest BCUT2D eigenvalue weighted by atomic mass is 19.4. The number of anilines is 1. The van der Waals surface area contributed by atoms with E-state index in [1.807, 2.05) is 5.32 Å². The lowest BCUT2D eigenvalue weighted by molar-refractivity contribution is -0.201. The number of alkyl halides is 3. The minimum Gasteiger partial charge on any atom is -0.397 e. The standard InChI is InChI=1S/C11H16F3N3O2/c1-6(2)17-5-7(15)3-8(17)10(19)16-4-9(18)11(12,13)14/h3,5-6,9,18H,4,15H2,1-2H3,(H,16,19). The SMILES string of the molecule is CC(C)n1cc(N)cc1C(=O)NCC(O)C(F)(F)F. The lowest BCUT2D eigenvalue weighted by Crippen LogP contribution is -2.41. The van der Waals surface area contributed by atoms with Crippen LogP contribution in [0, 0.1) is 0 Å². The monoisotopic (exact) mass is 279 g/mol. The van der Waals surface area contributed by atoms with Gasteiger partial charge in [0.1, 0.15) is 5.69 Å². The molecule has 0 saturated heterocycles. The second kappa shape index (κ2) is 5.52. The van der Waals surface area contributed by atoms with Crippen molar-refractivity contribution in [3.8, 4) is 0 Å². The molecule has 108 valence electrons. The highest BCUT2D eigenvalue weighted by Crippen LogP contribution is 2.20. The Morgan fingerprint density at radius 3 is 2.58 bits per heavy atom. The van der Waals surface area contributed by atoms with E-state index in [2.05, 4.69) is 0 Å². The summed E-state index contributed by atoms with van der Waals surface area (Å²) >= 11 is 0. The van der Waals surface area contributed by atoms with E-state index in [0.717, 1.165) is 0 Å². The fourth-order valence-corrected chi connectivity index (χ4v) is 1.51. The summed E-state index contributed by atoms with van der Waals surface area (Å²) in [5, 5.41) is 10.8. The van der Waals surface area contributed by atoms with Crippen LogP contribution in [-0.2, 0) is 0 Å². The minimum absolute atomic E-state index is 0.0643. The summed E-state index contributed by atoms with van der Waals surface area (Å²) in [7, 11) is 0.